The summed E-state index contributed by atoms with van der Waals surface area (Å²) in [4.78, 5) is 16.8. The summed E-state index contributed by atoms with van der Waals surface area (Å²) in [5.41, 5.74) is -1.78. The van der Waals surface area contributed by atoms with Gasteiger partial charge in [0, 0.05) is 18.3 Å². The highest BCUT2D eigenvalue weighted by Crippen LogP contribution is 2.33. The number of halogens is 4. The quantitative estimate of drug-likeness (QED) is 0.574. The molecule has 11 heteroatoms. The van der Waals surface area contributed by atoms with Gasteiger partial charge < -0.3 is 10.1 Å². The molecule has 1 fully saturated rings. The van der Waals surface area contributed by atoms with Crippen molar-refractivity contribution in [2.75, 3.05) is 0 Å². The van der Waals surface area contributed by atoms with Gasteiger partial charge in [0.2, 0.25) is 5.88 Å². The third-order valence-electron chi connectivity index (χ3n) is 5.09. The van der Waals surface area contributed by atoms with E-state index in [1.165, 1.54) is 0 Å². The Kier molecular flexibility index (Phi) is 6.06. The lowest BCUT2D eigenvalue weighted by molar-refractivity contribution is -0.143. The smallest absolute Gasteiger partial charge is 0.435 e. The molecular weight excluding hydrogens is 430 g/mol. The van der Waals surface area contributed by atoms with Crippen LogP contribution in [-0.4, -0.2) is 32.0 Å². The van der Waals surface area contributed by atoms with Gasteiger partial charge in [0.25, 0.3) is 5.91 Å². The number of nitrogens with zero attached hydrogens (tertiary/aromatic N) is 4. The number of alkyl halides is 3. The van der Waals surface area contributed by atoms with Crippen molar-refractivity contribution in [3.63, 3.8) is 0 Å². The maximum absolute atomic E-state index is 13.7. The Morgan fingerprint density at radius 1 is 1.16 bits per heavy atom. The van der Waals surface area contributed by atoms with E-state index in [1.54, 1.807) is 18.3 Å². The summed E-state index contributed by atoms with van der Waals surface area (Å²) < 4.78 is 60.7. The standard InChI is InChI=1S/C21H19F4N5O2/c22-14-7-9-15(10-8-14)30-18(21(23,24)25)17(28-29-30)19(31)27-12-13-4-3-11-26-20(13)32-16-5-1-2-6-16/h3-4,7-11,16H,1-2,5-6,12H2,(H,27,31). The topological polar surface area (TPSA) is 81.9 Å². The lowest BCUT2D eigenvalue weighted by atomic mass is 10.2. The summed E-state index contributed by atoms with van der Waals surface area (Å²) in [7, 11) is 0. The summed E-state index contributed by atoms with van der Waals surface area (Å²) in [5, 5.41) is 9.34. The van der Waals surface area contributed by atoms with Gasteiger partial charge in [-0.15, -0.1) is 5.10 Å². The molecule has 1 amide bonds. The molecule has 0 radical (unpaired) electrons. The highest BCUT2D eigenvalue weighted by atomic mass is 19.4. The van der Waals surface area contributed by atoms with Gasteiger partial charge in [0.05, 0.1) is 5.69 Å². The Hall–Kier alpha value is -3.50. The zero-order valence-electron chi connectivity index (χ0n) is 16.8. The first-order valence-corrected chi connectivity index (χ1v) is 10.0. The van der Waals surface area contributed by atoms with Crippen LogP contribution in [-0.2, 0) is 12.7 Å². The predicted molar refractivity (Wildman–Crippen MR) is 105 cm³/mol. The second-order valence-electron chi connectivity index (χ2n) is 7.35. The molecule has 168 valence electrons. The number of aromatic nitrogens is 4. The summed E-state index contributed by atoms with van der Waals surface area (Å²) >= 11 is 0. The van der Waals surface area contributed by atoms with E-state index in [4.69, 9.17) is 4.74 Å². The summed E-state index contributed by atoms with van der Waals surface area (Å²) in [5.74, 6) is -1.33. The molecule has 3 aromatic rings. The van der Waals surface area contributed by atoms with Gasteiger partial charge in [-0.05, 0) is 56.0 Å². The SMILES string of the molecule is O=C(NCc1cccnc1OC1CCCC1)c1nnn(-c2ccc(F)cc2)c1C(F)(F)F. The number of hydrogen-bond acceptors (Lipinski definition) is 5. The van der Waals surface area contributed by atoms with Crippen molar-refractivity contribution < 1.29 is 27.1 Å². The van der Waals surface area contributed by atoms with Crippen molar-refractivity contribution in [2.24, 2.45) is 0 Å². The van der Waals surface area contributed by atoms with Crippen LogP contribution in [0, 0.1) is 5.82 Å². The molecule has 1 saturated carbocycles. The second kappa shape index (κ2) is 8.93. The molecule has 2 aromatic heterocycles. The molecule has 0 saturated heterocycles. The number of ether oxygens (including phenoxy) is 1. The fourth-order valence-electron chi connectivity index (χ4n) is 3.54. The van der Waals surface area contributed by atoms with E-state index in [9.17, 15) is 22.4 Å². The van der Waals surface area contributed by atoms with Gasteiger partial charge in [-0.1, -0.05) is 11.3 Å². The van der Waals surface area contributed by atoms with Crippen molar-refractivity contribution in [2.45, 2.75) is 44.5 Å². The second-order valence-corrected chi connectivity index (χ2v) is 7.35. The van der Waals surface area contributed by atoms with Crippen LogP contribution in [0.4, 0.5) is 17.6 Å². The molecule has 0 unspecified atom stereocenters. The Labute approximate surface area is 180 Å². The molecule has 2 heterocycles. The molecule has 1 aliphatic carbocycles. The van der Waals surface area contributed by atoms with Crippen molar-refractivity contribution in [3.8, 4) is 11.6 Å². The van der Waals surface area contributed by atoms with E-state index >= 15 is 0 Å². The van der Waals surface area contributed by atoms with Crippen LogP contribution in [0.15, 0.2) is 42.6 Å². The monoisotopic (exact) mass is 449 g/mol. The van der Waals surface area contributed by atoms with Crippen molar-refractivity contribution in [1.82, 2.24) is 25.3 Å². The third kappa shape index (κ3) is 4.71. The largest absolute Gasteiger partial charge is 0.474 e. The van der Waals surface area contributed by atoms with E-state index in [0.717, 1.165) is 49.9 Å². The molecule has 32 heavy (non-hydrogen) atoms. The van der Waals surface area contributed by atoms with Crippen molar-refractivity contribution in [3.05, 3.63) is 65.4 Å². The zero-order valence-corrected chi connectivity index (χ0v) is 16.8. The van der Waals surface area contributed by atoms with Crippen LogP contribution in [0.1, 0.15) is 47.4 Å². The van der Waals surface area contributed by atoms with E-state index < -0.39 is 29.3 Å². The zero-order chi connectivity index (χ0) is 22.7. The molecule has 4 rings (SSSR count). The van der Waals surface area contributed by atoms with Crippen LogP contribution in [0.25, 0.3) is 5.69 Å². The van der Waals surface area contributed by atoms with Crippen LogP contribution in [0.3, 0.4) is 0 Å². The van der Waals surface area contributed by atoms with Crippen molar-refractivity contribution >= 4 is 5.91 Å². The Bertz CT molecular complexity index is 1090. The summed E-state index contributed by atoms with van der Waals surface area (Å²) in [6, 6.07) is 7.54. The number of hydrogen-bond donors (Lipinski definition) is 1. The van der Waals surface area contributed by atoms with Crippen LogP contribution in [0.5, 0.6) is 5.88 Å². The molecule has 0 spiro atoms. The molecule has 0 aliphatic heterocycles. The first-order valence-electron chi connectivity index (χ1n) is 10.0. The molecular formula is C21H19F4N5O2. The normalized spacial score (nSPS) is 14.5. The lowest BCUT2D eigenvalue weighted by Crippen LogP contribution is -2.27. The Morgan fingerprint density at radius 2 is 1.88 bits per heavy atom. The molecule has 1 aromatic carbocycles. The van der Waals surface area contributed by atoms with Gasteiger partial charge in [-0.3, -0.25) is 4.79 Å². The van der Waals surface area contributed by atoms with Crippen LogP contribution < -0.4 is 10.1 Å². The first kappa shape index (κ1) is 21.7. The lowest BCUT2D eigenvalue weighted by Gasteiger charge is -2.15. The van der Waals surface area contributed by atoms with Gasteiger partial charge >= 0.3 is 6.18 Å². The number of rotatable bonds is 6. The number of pyridine rings is 1. The van der Waals surface area contributed by atoms with E-state index in [-0.39, 0.29) is 18.3 Å². The Morgan fingerprint density at radius 3 is 2.56 bits per heavy atom. The summed E-state index contributed by atoms with van der Waals surface area (Å²) in [6.07, 6.45) is 0.599. The maximum atomic E-state index is 13.7. The van der Waals surface area contributed by atoms with Crippen LogP contribution >= 0.6 is 0 Å². The fraction of sp³-hybridized carbons (Fsp3) is 0.333. The minimum absolute atomic E-state index is 0.0341. The number of amides is 1. The Balaban J connectivity index is 1.55. The van der Waals surface area contributed by atoms with E-state index in [0.29, 0.717) is 16.1 Å². The molecule has 7 nitrogen and oxygen atoms in total. The van der Waals surface area contributed by atoms with Gasteiger partial charge in [-0.2, -0.15) is 13.2 Å². The third-order valence-corrected chi connectivity index (χ3v) is 5.09. The predicted octanol–water partition coefficient (Wildman–Crippen LogP) is 4.07. The van der Waals surface area contributed by atoms with Gasteiger partial charge in [-0.25, -0.2) is 14.1 Å². The average Bonchev–Trinajstić information content (AvgIpc) is 3.43. The fourth-order valence-corrected chi connectivity index (χ4v) is 3.54. The van der Waals surface area contributed by atoms with E-state index in [2.05, 4.69) is 20.6 Å². The number of carbonyl (C=O) groups excluding carboxylic acids is 1. The van der Waals surface area contributed by atoms with E-state index in [1.807, 2.05) is 0 Å². The highest BCUT2D eigenvalue weighted by Gasteiger charge is 2.42. The van der Waals surface area contributed by atoms with Crippen LogP contribution in [0.2, 0.25) is 0 Å². The maximum Gasteiger partial charge on any atom is 0.435 e. The molecule has 0 bridgehead atoms. The number of carbonyl (C=O) groups is 1. The highest BCUT2D eigenvalue weighted by molar-refractivity contribution is 5.93. The molecule has 1 N–H and O–H groups in total. The average molecular weight is 449 g/mol. The molecule has 1 aliphatic rings. The minimum Gasteiger partial charge on any atom is -0.474 e. The number of benzene rings is 1. The number of nitrogens with one attached hydrogen (secondary N) is 1. The van der Waals surface area contributed by atoms with Crippen molar-refractivity contribution in [1.29, 1.82) is 0 Å². The summed E-state index contributed by atoms with van der Waals surface area (Å²) in [6.45, 7) is -0.102. The first-order chi connectivity index (χ1) is 15.3. The van der Waals surface area contributed by atoms with Gasteiger partial charge in [0.15, 0.2) is 11.4 Å². The van der Waals surface area contributed by atoms with Gasteiger partial charge in [0.1, 0.15) is 11.9 Å². The minimum atomic E-state index is -4.92. The molecule has 0 atom stereocenters.